The van der Waals surface area contributed by atoms with Gasteiger partial charge < -0.3 is 10.2 Å². The molecule has 0 unspecified atom stereocenters. The molecule has 4 heterocycles. The summed E-state index contributed by atoms with van der Waals surface area (Å²) in [4.78, 5) is 24.8. The highest BCUT2D eigenvalue weighted by atomic mass is 32.1. The summed E-state index contributed by atoms with van der Waals surface area (Å²) in [6.07, 6.45) is 0. The van der Waals surface area contributed by atoms with E-state index in [0.717, 1.165) is 47.4 Å². The van der Waals surface area contributed by atoms with Crippen molar-refractivity contribution in [3.05, 3.63) is 23.3 Å². The number of aromatic nitrogens is 4. The highest BCUT2D eigenvalue weighted by Gasteiger charge is 2.25. The second kappa shape index (κ2) is 7.22. The first-order chi connectivity index (χ1) is 12.6. The lowest BCUT2D eigenvalue weighted by Crippen LogP contribution is -2.47. The van der Waals surface area contributed by atoms with Crippen molar-refractivity contribution in [2.75, 3.05) is 36.4 Å². The van der Waals surface area contributed by atoms with Crippen LogP contribution in [0.3, 0.4) is 0 Å². The van der Waals surface area contributed by atoms with Crippen molar-refractivity contribution in [1.82, 2.24) is 25.1 Å². The summed E-state index contributed by atoms with van der Waals surface area (Å²) in [5, 5.41) is 12.3. The van der Waals surface area contributed by atoms with Gasteiger partial charge in [-0.2, -0.15) is 0 Å². The van der Waals surface area contributed by atoms with Gasteiger partial charge in [-0.15, -0.1) is 21.5 Å². The van der Waals surface area contributed by atoms with Gasteiger partial charge in [0.1, 0.15) is 0 Å². The number of nitrogens with zero attached hydrogens (tertiary/aromatic N) is 6. The Bertz CT molecular complexity index is 916. The van der Waals surface area contributed by atoms with E-state index in [1.165, 1.54) is 18.3 Å². The Labute approximate surface area is 158 Å². The lowest BCUT2D eigenvalue weighted by Gasteiger charge is -2.37. The molecule has 0 bridgehead atoms. The molecular weight excluding hydrogens is 370 g/mol. The van der Waals surface area contributed by atoms with E-state index in [2.05, 4.69) is 49.4 Å². The topological polar surface area (TPSA) is 87.1 Å². The molecular formula is C16H19N7OS2. The number of thiazole rings is 1. The van der Waals surface area contributed by atoms with Crippen LogP contribution in [0.5, 0.6) is 0 Å². The van der Waals surface area contributed by atoms with Crippen LogP contribution in [0.2, 0.25) is 0 Å². The van der Waals surface area contributed by atoms with E-state index in [-0.39, 0.29) is 11.9 Å². The normalized spacial score (nSPS) is 16.8. The average molecular weight is 390 g/mol. The van der Waals surface area contributed by atoms with Crippen molar-refractivity contribution in [1.29, 1.82) is 0 Å². The van der Waals surface area contributed by atoms with Crippen molar-refractivity contribution in [3.8, 4) is 0 Å². The van der Waals surface area contributed by atoms with Crippen molar-refractivity contribution >= 4 is 49.2 Å². The molecule has 3 aromatic rings. The molecule has 10 heteroatoms. The van der Waals surface area contributed by atoms with E-state index in [1.807, 2.05) is 5.51 Å². The first kappa shape index (κ1) is 17.3. The van der Waals surface area contributed by atoms with Gasteiger partial charge in [-0.25, -0.2) is 9.97 Å². The summed E-state index contributed by atoms with van der Waals surface area (Å²) in [7, 11) is 0. The molecule has 136 valence electrons. The summed E-state index contributed by atoms with van der Waals surface area (Å²) in [5.41, 5.74) is 3.72. The Hall–Kier alpha value is -2.17. The number of pyridine rings is 1. The van der Waals surface area contributed by atoms with E-state index in [1.54, 1.807) is 11.3 Å². The molecule has 4 rings (SSSR count). The van der Waals surface area contributed by atoms with E-state index < -0.39 is 0 Å². The molecule has 1 aliphatic rings. The largest absolute Gasteiger partial charge is 0.344 e. The maximum atomic E-state index is 11.1. The lowest BCUT2D eigenvalue weighted by molar-refractivity contribution is -0.114. The third kappa shape index (κ3) is 3.53. The van der Waals surface area contributed by atoms with Crippen molar-refractivity contribution < 1.29 is 4.79 Å². The van der Waals surface area contributed by atoms with Gasteiger partial charge in [0.15, 0.2) is 5.65 Å². The molecule has 0 radical (unpaired) electrons. The Kier molecular flexibility index (Phi) is 4.79. The number of amides is 1. The van der Waals surface area contributed by atoms with Crippen LogP contribution in [0.15, 0.2) is 17.6 Å². The summed E-state index contributed by atoms with van der Waals surface area (Å²) >= 11 is 3.02. The van der Waals surface area contributed by atoms with Crippen molar-refractivity contribution in [2.45, 2.75) is 19.9 Å². The number of carbonyl (C=O) groups excluding carboxylic acids is 1. The highest BCUT2D eigenvalue weighted by Crippen LogP contribution is 2.28. The molecule has 0 spiro atoms. The number of nitrogens with one attached hydrogen (secondary N) is 1. The molecule has 8 nitrogen and oxygen atoms in total. The molecule has 1 amide bonds. The van der Waals surface area contributed by atoms with Gasteiger partial charge >= 0.3 is 0 Å². The molecule has 1 N–H and O–H groups in total. The van der Waals surface area contributed by atoms with Gasteiger partial charge in [-0.05, 0) is 19.1 Å². The number of piperazine rings is 1. The predicted octanol–water partition coefficient (Wildman–Crippen LogP) is 2.38. The van der Waals surface area contributed by atoms with Crippen LogP contribution < -0.4 is 10.2 Å². The van der Waals surface area contributed by atoms with E-state index in [0.29, 0.717) is 5.13 Å². The van der Waals surface area contributed by atoms with Crippen LogP contribution in [-0.4, -0.2) is 57.2 Å². The van der Waals surface area contributed by atoms with Crippen LogP contribution in [0.4, 0.5) is 10.3 Å². The Morgan fingerprint density at radius 3 is 2.81 bits per heavy atom. The summed E-state index contributed by atoms with van der Waals surface area (Å²) in [6, 6.07) is 4.45. The Morgan fingerprint density at radius 2 is 2.04 bits per heavy atom. The molecule has 1 saturated heterocycles. The maximum absolute atomic E-state index is 11.1. The number of hydrogen-bond acceptors (Lipinski definition) is 9. The van der Waals surface area contributed by atoms with Crippen molar-refractivity contribution in [2.24, 2.45) is 0 Å². The van der Waals surface area contributed by atoms with Gasteiger partial charge in [0.2, 0.25) is 16.2 Å². The minimum absolute atomic E-state index is 0.129. The number of rotatable bonds is 4. The number of anilines is 2. The Balaban J connectivity index is 1.39. The minimum atomic E-state index is -0.129. The summed E-state index contributed by atoms with van der Waals surface area (Å²) in [6.45, 7) is 7.25. The molecule has 1 fully saturated rings. The fourth-order valence-corrected chi connectivity index (χ4v) is 4.49. The SMILES string of the molecule is CC(=O)Nc1nnc(N2CCN([C@@H](C)c3ccc4scnc4n3)CC2)s1. The van der Waals surface area contributed by atoms with Crippen LogP contribution in [0.1, 0.15) is 25.6 Å². The minimum Gasteiger partial charge on any atom is -0.344 e. The van der Waals surface area contributed by atoms with Gasteiger partial charge in [0.05, 0.1) is 15.9 Å². The molecule has 1 aliphatic heterocycles. The zero-order valence-electron chi connectivity index (χ0n) is 14.5. The fraction of sp³-hybridized carbons (Fsp3) is 0.438. The molecule has 1 atom stereocenters. The first-order valence-electron chi connectivity index (χ1n) is 8.40. The van der Waals surface area contributed by atoms with Crippen molar-refractivity contribution in [3.63, 3.8) is 0 Å². The van der Waals surface area contributed by atoms with E-state index in [4.69, 9.17) is 4.98 Å². The van der Waals surface area contributed by atoms with E-state index in [9.17, 15) is 4.79 Å². The molecule has 0 aliphatic carbocycles. The zero-order valence-corrected chi connectivity index (χ0v) is 16.2. The third-order valence-electron chi connectivity index (χ3n) is 4.47. The van der Waals surface area contributed by atoms with Gasteiger partial charge in [-0.3, -0.25) is 9.69 Å². The molecule has 0 aromatic carbocycles. The standard InChI is InChI=1S/C16H19N7OS2/c1-10(12-3-4-13-14(19-12)17-9-25-13)22-5-7-23(8-6-22)16-21-20-15(26-16)18-11(2)24/h3-4,9-10H,5-8H2,1-2H3,(H,18,20,24)/t10-/m0/s1. The second-order valence-electron chi connectivity index (χ2n) is 6.18. The lowest BCUT2D eigenvalue weighted by atomic mass is 10.1. The second-order valence-corrected chi connectivity index (χ2v) is 8.02. The highest BCUT2D eigenvalue weighted by molar-refractivity contribution is 7.19. The average Bonchev–Trinajstić information content (AvgIpc) is 3.29. The monoisotopic (exact) mass is 389 g/mol. The quantitative estimate of drug-likeness (QED) is 0.733. The van der Waals surface area contributed by atoms with Gasteiger partial charge in [0, 0.05) is 39.1 Å². The van der Waals surface area contributed by atoms with Crippen LogP contribution in [-0.2, 0) is 4.79 Å². The summed E-state index contributed by atoms with van der Waals surface area (Å²) in [5.74, 6) is -0.129. The Morgan fingerprint density at radius 1 is 1.23 bits per heavy atom. The van der Waals surface area contributed by atoms with Gasteiger partial charge in [-0.1, -0.05) is 11.3 Å². The molecule has 0 saturated carbocycles. The van der Waals surface area contributed by atoms with E-state index >= 15 is 0 Å². The molecule has 3 aromatic heterocycles. The summed E-state index contributed by atoms with van der Waals surface area (Å²) < 4.78 is 1.12. The van der Waals surface area contributed by atoms with Crippen LogP contribution in [0.25, 0.3) is 10.3 Å². The predicted molar refractivity (Wildman–Crippen MR) is 104 cm³/mol. The first-order valence-corrected chi connectivity index (χ1v) is 10.1. The number of fused-ring (bicyclic) bond motifs is 1. The fourth-order valence-electron chi connectivity index (χ4n) is 3.03. The number of carbonyl (C=O) groups is 1. The van der Waals surface area contributed by atoms with Crippen LogP contribution in [0, 0.1) is 0 Å². The number of hydrogen-bond donors (Lipinski definition) is 1. The third-order valence-corrected chi connectivity index (χ3v) is 6.16. The van der Waals surface area contributed by atoms with Crippen LogP contribution >= 0.6 is 22.7 Å². The zero-order chi connectivity index (χ0) is 18.1. The molecule has 26 heavy (non-hydrogen) atoms. The maximum Gasteiger partial charge on any atom is 0.223 e. The van der Waals surface area contributed by atoms with Gasteiger partial charge in [0.25, 0.3) is 0 Å². The smallest absolute Gasteiger partial charge is 0.223 e.